The fourth-order valence-corrected chi connectivity index (χ4v) is 2.07. The van der Waals surface area contributed by atoms with Gasteiger partial charge in [-0.1, -0.05) is 0 Å². The van der Waals surface area contributed by atoms with E-state index in [-0.39, 0.29) is 18.0 Å². The molecule has 21 heavy (non-hydrogen) atoms. The van der Waals surface area contributed by atoms with Crippen LogP contribution in [-0.4, -0.2) is 12.0 Å². The van der Waals surface area contributed by atoms with Gasteiger partial charge in [-0.05, 0) is 40.2 Å². The number of anilines is 1. The van der Waals surface area contributed by atoms with Crippen molar-refractivity contribution in [2.45, 2.75) is 6.54 Å². The smallest absolute Gasteiger partial charge is 0.270 e. The molecule has 0 spiro atoms. The second kappa shape index (κ2) is 6.53. The molecule has 0 heterocycles. The number of nitro groups is 1. The lowest BCUT2D eigenvalue weighted by Gasteiger charge is -2.11. The first-order chi connectivity index (χ1) is 10.0. The molecule has 7 heteroatoms. The van der Waals surface area contributed by atoms with E-state index in [2.05, 4.69) is 21.2 Å². The van der Waals surface area contributed by atoms with E-state index in [4.69, 9.17) is 4.74 Å². The SMILES string of the molecule is COc1ccc([N+](=O)[O-])cc1CNc1ccc(Br)c(F)c1. The van der Waals surface area contributed by atoms with Crippen molar-refractivity contribution >= 4 is 27.3 Å². The molecule has 2 rings (SSSR count). The third-order valence-corrected chi connectivity index (χ3v) is 3.52. The van der Waals surface area contributed by atoms with Crippen molar-refractivity contribution in [3.05, 3.63) is 62.4 Å². The van der Waals surface area contributed by atoms with Crippen LogP contribution in [0, 0.1) is 15.9 Å². The van der Waals surface area contributed by atoms with Crippen molar-refractivity contribution in [3.8, 4) is 5.75 Å². The normalized spacial score (nSPS) is 10.2. The molecule has 2 aromatic carbocycles. The van der Waals surface area contributed by atoms with Crippen molar-refractivity contribution in [1.82, 2.24) is 0 Å². The molecule has 0 aliphatic carbocycles. The number of halogens is 2. The fraction of sp³-hybridized carbons (Fsp3) is 0.143. The second-order valence-corrected chi connectivity index (χ2v) is 5.09. The zero-order valence-electron chi connectivity index (χ0n) is 11.1. The summed E-state index contributed by atoms with van der Waals surface area (Å²) in [6.45, 7) is 0.284. The highest BCUT2D eigenvalue weighted by molar-refractivity contribution is 9.10. The second-order valence-electron chi connectivity index (χ2n) is 4.24. The van der Waals surface area contributed by atoms with Crippen LogP contribution in [0.4, 0.5) is 15.8 Å². The molecule has 1 N–H and O–H groups in total. The molecule has 0 radical (unpaired) electrons. The minimum absolute atomic E-state index is 0.0189. The third-order valence-electron chi connectivity index (χ3n) is 2.88. The van der Waals surface area contributed by atoms with E-state index in [1.54, 1.807) is 12.1 Å². The topological polar surface area (TPSA) is 64.4 Å². The molecule has 0 amide bonds. The van der Waals surface area contributed by atoms with Crippen molar-refractivity contribution < 1.29 is 14.1 Å². The summed E-state index contributed by atoms with van der Waals surface area (Å²) in [6.07, 6.45) is 0. The summed E-state index contributed by atoms with van der Waals surface area (Å²) in [7, 11) is 1.49. The number of rotatable bonds is 5. The third kappa shape index (κ3) is 3.69. The van der Waals surface area contributed by atoms with E-state index in [9.17, 15) is 14.5 Å². The van der Waals surface area contributed by atoms with Gasteiger partial charge < -0.3 is 10.1 Å². The van der Waals surface area contributed by atoms with Crippen LogP contribution >= 0.6 is 15.9 Å². The Hall–Kier alpha value is -2.15. The number of benzene rings is 2. The number of methoxy groups -OCH3 is 1. The quantitative estimate of drug-likeness (QED) is 0.647. The molecule has 0 fully saturated rings. The fourth-order valence-electron chi connectivity index (χ4n) is 1.82. The lowest BCUT2D eigenvalue weighted by Crippen LogP contribution is -2.03. The molecule has 0 bridgehead atoms. The molecule has 0 atom stereocenters. The predicted molar refractivity (Wildman–Crippen MR) is 81.1 cm³/mol. The number of nitrogens with zero attached hydrogens (tertiary/aromatic N) is 1. The van der Waals surface area contributed by atoms with E-state index >= 15 is 0 Å². The lowest BCUT2D eigenvalue weighted by atomic mass is 10.1. The number of nitro benzene ring substituents is 1. The zero-order chi connectivity index (χ0) is 15.4. The molecule has 0 unspecified atom stereocenters. The summed E-state index contributed by atoms with van der Waals surface area (Å²) < 4.78 is 19.0. The van der Waals surface area contributed by atoms with Gasteiger partial charge in [-0.25, -0.2) is 4.39 Å². The largest absolute Gasteiger partial charge is 0.496 e. The van der Waals surface area contributed by atoms with Crippen molar-refractivity contribution in [2.24, 2.45) is 0 Å². The Kier molecular flexibility index (Phi) is 4.74. The Morgan fingerprint density at radius 3 is 2.71 bits per heavy atom. The molecular formula is C14H12BrFN2O3. The van der Waals surface area contributed by atoms with Crippen LogP contribution in [0.5, 0.6) is 5.75 Å². The van der Waals surface area contributed by atoms with Gasteiger partial charge in [-0.3, -0.25) is 10.1 Å². The van der Waals surface area contributed by atoms with Gasteiger partial charge in [0.05, 0.1) is 16.5 Å². The summed E-state index contributed by atoms with van der Waals surface area (Å²) in [5.74, 6) is 0.150. The Bertz CT molecular complexity index is 679. The minimum atomic E-state index is -0.470. The van der Waals surface area contributed by atoms with Crippen LogP contribution in [0.15, 0.2) is 40.9 Å². The van der Waals surface area contributed by atoms with E-state index in [1.165, 1.54) is 31.4 Å². The molecule has 2 aromatic rings. The monoisotopic (exact) mass is 354 g/mol. The number of non-ortho nitro benzene ring substituents is 1. The van der Waals surface area contributed by atoms with Gasteiger partial charge in [-0.2, -0.15) is 0 Å². The van der Waals surface area contributed by atoms with Crippen LogP contribution in [0.1, 0.15) is 5.56 Å². The zero-order valence-corrected chi connectivity index (χ0v) is 12.7. The standard InChI is InChI=1S/C14H12BrFN2O3/c1-21-14-5-3-11(18(19)20)6-9(14)8-17-10-2-4-12(15)13(16)7-10/h2-7,17H,8H2,1H3. The van der Waals surface area contributed by atoms with Gasteiger partial charge in [0.25, 0.3) is 5.69 Å². The number of ether oxygens (including phenoxy) is 1. The van der Waals surface area contributed by atoms with Gasteiger partial charge in [0.15, 0.2) is 0 Å². The van der Waals surface area contributed by atoms with E-state index in [0.717, 1.165) is 0 Å². The summed E-state index contributed by atoms with van der Waals surface area (Å²) in [6, 6.07) is 8.98. The Labute approximate surface area is 129 Å². The molecule has 110 valence electrons. The number of nitrogens with one attached hydrogen (secondary N) is 1. The summed E-state index contributed by atoms with van der Waals surface area (Å²) in [5.41, 5.74) is 1.17. The molecule has 5 nitrogen and oxygen atoms in total. The maximum absolute atomic E-state index is 13.4. The maximum Gasteiger partial charge on any atom is 0.270 e. The van der Waals surface area contributed by atoms with Crippen molar-refractivity contribution in [2.75, 3.05) is 12.4 Å². The Morgan fingerprint density at radius 1 is 1.33 bits per heavy atom. The van der Waals surface area contributed by atoms with Crippen LogP contribution in [-0.2, 0) is 6.54 Å². The van der Waals surface area contributed by atoms with Gasteiger partial charge in [0.1, 0.15) is 11.6 Å². The summed E-state index contributed by atoms with van der Waals surface area (Å²) >= 11 is 3.08. The summed E-state index contributed by atoms with van der Waals surface area (Å²) in [5, 5.41) is 13.8. The van der Waals surface area contributed by atoms with Crippen LogP contribution < -0.4 is 10.1 Å². The van der Waals surface area contributed by atoms with Crippen LogP contribution in [0.3, 0.4) is 0 Å². The molecule has 0 saturated heterocycles. The van der Waals surface area contributed by atoms with Crippen molar-refractivity contribution in [3.63, 3.8) is 0 Å². The highest BCUT2D eigenvalue weighted by Crippen LogP contribution is 2.25. The first-order valence-electron chi connectivity index (χ1n) is 6.01. The van der Waals surface area contributed by atoms with Gasteiger partial charge >= 0.3 is 0 Å². The minimum Gasteiger partial charge on any atom is -0.496 e. The highest BCUT2D eigenvalue weighted by atomic mass is 79.9. The first kappa shape index (κ1) is 15.2. The van der Waals surface area contributed by atoms with Gasteiger partial charge in [0, 0.05) is 29.9 Å². The average molecular weight is 355 g/mol. The molecular weight excluding hydrogens is 343 g/mol. The van der Waals surface area contributed by atoms with Gasteiger partial charge in [-0.15, -0.1) is 0 Å². The van der Waals surface area contributed by atoms with Crippen LogP contribution in [0.2, 0.25) is 0 Å². The maximum atomic E-state index is 13.4. The summed E-state index contributed by atoms with van der Waals surface area (Å²) in [4.78, 5) is 10.3. The van der Waals surface area contributed by atoms with E-state index in [1.807, 2.05) is 0 Å². The van der Waals surface area contributed by atoms with E-state index in [0.29, 0.717) is 21.5 Å². The first-order valence-corrected chi connectivity index (χ1v) is 6.81. The Morgan fingerprint density at radius 2 is 2.10 bits per heavy atom. The predicted octanol–water partition coefficient (Wildman–Crippen LogP) is 4.12. The molecule has 0 saturated carbocycles. The Balaban J connectivity index is 2.19. The van der Waals surface area contributed by atoms with E-state index < -0.39 is 4.92 Å². The van der Waals surface area contributed by atoms with Crippen LogP contribution in [0.25, 0.3) is 0 Å². The molecule has 0 aromatic heterocycles. The average Bonchev–Trinajstić information content (AvgIpc) is 2.48. The van der Waals surface area contributed by atoms with Crippen molar-refractivity contribution in [1.29, 1.82) is 0 Å². The molecule has 0 aliphatic heterocycles. The number of hydrogen-bond donors (Lipinski definition) is 1. The molecule has 0 aliphatic rings. The lowest BCUT2D eigenvalue weighted by molar-refractivity contribution is -0.384. The highest BCUT2D eigenvalue weighted by Gasteiger charge is 2.11. The number of hydrogen-bond acceptors (Lipinski definition) is 4. The van der Waals surface area contributed by atoms with Gasteiger partial charge in [0.2, 0.25) is 0 Å².